The maximum atomic E-state index is 5.67. The van der Waals surface area contributed by atoms with E-state index in [0.29, 0.717) is 12.1 Å². The first-order valence-corrected chi connectivity index (χ1v) is 13.8. The highest BCUT2D eigenvalue weighted by molar-refractivity contribution is 5.84. The molecule has 1 aromatic rings. The summed E-state index contributed by atoms with van der Waals surface area (Å²) in [6.07, 6.45) is 17.1. The van der Waals surface area contributed by atoms with E-state index >= 15 is 0 Å². The van der Waals surface area contributed by atoms with Crippen LogP contribution in [-0.4, -0.2) is 71.7 Å². The highest BCUT2D eigenvalue weighted by atomic mass is 16.8. The first-order valence-electron chi connectivity index (χ1n) is 13.8. The van der Waals surface area contributed by atoms with Crippen molar-refractivity contribution in [2.24, 2.45) is 5.16 Å². The van der Waals surface area contributed by atoms with Crippen molar-refractivity contribution in [3.63, 3.8) is 0 Å². The first-order chi connectivity index (χ1) is 16.8. The van der Waals surface area contributed by atoms with Crippen LogP contribution in [0.15, 0.2) is 17.4 Å². The van der Waals surface area contributed by atoms with Crippen molar-refractivity contribution in [1.29, 1.82) is 0 Å². The van der Waals surface area contributed by atoms with Crippen LogP contribution in [-0.2, 0) is 9.57 Å². The SMILES string of the molecule is c1cc(N2CCCCCC2)nc(NC2CCCN(C3CCC(=NOC4CCCCO4)CC3)C2)n1. The lowest BCUT2D eigenvalue weighted by atomic mass is 9.90. The number of hydrogen-bond donors (Lipinski definition) is 1. The number of likely N-dealkylation sites (tertiary alicyclic amines) is 1. The Labute approximate surface area is 204 Å². The molecule has 3 aliphatic heterocycles. The zero-order chi connectivity index (χ0) is 23.0. The quantitative estimate of drug-likeness (QED) is 0.610. The topological polar surface area (TPSA) is 75.1 Å². The number of aromatic nitrogens is 2. The third kappa shape index (κ3) is 6.60. The minimum Gasteiger partial charge on any atom is -0.364 e. The lowest BCUT2D eigenvalue weighted by Crippen LogP contribution is -2.48. The molecule has 4 aliphatic rings. The molecule has 4 fully saturated rings. The Kier molecular flexibility index (Phi) is 8.51. The zero-order valence-corrected chi connectivity index (χ0v) is 20.7. The van der Waals surface area contributed by atoms with Gasteiger partial charge in [-0.15, -0.1) is 0 Å². The minimum absolute atomic E-state index is 0.132. The second-order valence-corrected chi connectivity index (χ2v) is 10.4. The van der Waals surface area contributed by atoms with Crippen LogP contribution in [0.25, 0.3) is 0 Å². The molecule has 1 N–H and O–H groups in total. The molecule has 8 heteroatoms. The van der Waals surface area contributed by atoms with E-state index in [1.807, 2.05) is 6.20 Å². The van der Waals surface area contributed by atoms with Crippen LogP contribution in [0.4, 0.5) is 11.8 Å². The molecular weight excluding hydrogens is 428 g/mol. The summed E-state index contributed by atoms with van der Waals surface area (Å²) in [5, 5.41) is 8.11. The van der Waals surface area contributed by atoms with Gasteiger partial charge >= 0.3 is 0 Å². The van der Waals surface area contributed by atoms with Crippen LogP contribution in [0, 0.1) is 0 Å². The summed E-state index contributed by atoms with van der Waals surface area (Å²) in [6, 6.07) is 3.11. The highest BCUT2D eigenvalue weighted by Gasteiger charge is 2.29. The predicted molar refractivity (Wildman–Crippen MR) is 135 cm³/mol. The number of hydrogen-bond acceptors (Lipinski definition) is 8. The first kappa shape index (κ1) is 23.8. The number of anilines is 2. The predicted octanol–water partition coefficient (Wildman–Crippen LogP) is 4.58. The summed E-state index contributed by atoms with van der Waals surface area (Å²) in [5.41, 5.74) is 1.20. The molecule has 0 radical (unpaired) electrons. The van der Waals surface area contributed by atoms with Crippen LogP contribution in [0.2, 0.25) is 0 Å². The van der Waals surface area contributed by atoms with Gasteiger partial charge < -0.3 is 19.8 Å². The minimum atomic E-state index is -0.132. The van der Waals surface area contributed by atoms with Gasteiger partial charge in [0.15, 0.2) is 0 Å². The van der Waals surface area contributed by atoms with Crippen molar-refractivity contribution in [3.8, 4) is 0 Å². The molecule has 1 aliphatic carbocycles. The standard InChI is InChI=1S/C26H42N6O2/c1-2-5-17-31(16-4-1)24-14-15-27-26(29-24)28-22-8-7-18-32(20-22)23-12-10-21(11-13-23)30-34-25-9-3-6-19-33-25/h14-15,22-23,25H,1-13,16-20H2,(H,27,28,29). The zero-order valence-electron chi connectivity index (χ0n) is 20.7. The van der Waals surface area contributed by atoms with Crippen LogP contribution in [0.3, 0.4) is 0 Å². The van der Waals surface area contributed by atoms with E-state index in [-0.39, 0.29) is 6.29 Å². The van der Waals surface area contributed by atoms with Crippen molar-refractivity contribution >= 4 is 17.5 Å². The summed E-state index contributed by atoms with van der Waals surface area (Å²) in [6.45, 7) is 5.28. The van der Waals surface area contributed by atoms with Gasteiger partial charge in [-0.1, -0.05) is 18.0 Å². The fraction of sp³-hybridized carbons (Fsp3) is 0.808. The third-order valence-corrected chi connectivity index (χ3v) is 7.84. The third-order valence-electron chi connectivity index (χ3n) is 7.84. The lowest BCUT2D eigenvalue weighted by molar-refractivity contribution is -0.162. The summed E-state index contributed by atoms with van der Waals surface area (Å²) >= 11 is 0. The Balaban J connectivity index is 1.10. The second kappa shape index (κ2) is 12.2. The molecule has 2 unspecified atom stereocenters. The van der Waals surface area contributed by atoms with E-state index in [1.54, 1.807) is 0 Å². The molecule has 8 nitrogen and oxygen atoms in total. The van der Waals surface area contributed by atoms with Gasteiger partial charge in [0, 0.05) is 44.3 Å². The van der Waals surface area contributed by atoms with Crippen molar-refractivity contribution in [3.05, 3.63) is 12.3 Å². The molecule has 1 aromatic heterocycles. The van der Waals surface area contributed by atoms with Crippen LogP contribution < -0.4 is 10.2 Å². The molecule has 4 heterocycles. The van der Waals surface area contributed by atoms with E-state index in [4.69, 9.17) is 14.6 Å². The Morgan fingerprint density at radius 1 is 0.941 bits per heavy atom. The van der Waals surface area contributed by atoms with Crippen molar-refractivity contribution in [1.82, 2.24) is 14.9 Å². The number of piperidine rings is 1. The number of nitrogens with one attached hydrogen (secondary N) is 1. The maximum Gasteiger partial charge on any atom is 0.226 e. The van der Waals surface area contributed by atoms with E-state index in [9.17, 15) is 0 Å². The van der Waals surface area contributed by atoms with Gasteiger partial charge in [-0.05, 0) is 76.8 Å². The monoisotopic (exact) mass is 470 g/mol. The van der Waals surface area contributed by atoms with E-state index in [0.717, 1.165) is 63.7 Å². The number of nitrogens with zero attached hydrogens (tertiary/aromatic N) is 5. The number of rotatable bonds is 6. The van der Waals surface area contributed by atoms with Gasteiger partial charge in [-0.2, -0.15) is 4.98 Å². The maximum absolute atomic E-state index is 5.67. The van der Waals surface area contributed by atoms with E-state index < -0.39 is 0 Å². The average molecular weight is 471 g/mol. The fourth-order valence-electron chi connectivity index (χ4n) is 5.85. The summed E-state index contributed by atoms with van der Waals surface area (Å²) in [7, 11) is 0. The largest absolute Gasteiger partial charge is 0.364 e. The molecule has 2 atom stereocenters. The van der Waals surface area contributed by atoms with Crippen LogP contribution >= 0.6 is 0 Å². The van der Waals surface area contributed by atoms with E-state index in [2.05, 4.69) is 31.3 Å². The van der Waals surface area contributed by atoms with Gasteiger partial charge in [-0.25, -0.2) is 4.98 Å². The Bertz CT molecular complexity index is 781. The summed E-state index contributed by atoms with van der Waals surface area (Å²) in [5.74, 6) is 1.86. The van der Waals surface area contributed by atoms with Gasteiger partial charge in [0.25, 0.3) is 0 Å². The lowest BCUT2D eigenvalue weighted by Gasteiger charge is -2.40. The van der Waals surface area contributed by atoms with E-state index in [1.165, 1.54) is 70.0 Å². The summed E-state index contributed by atoms with van der Waals surface area (Å²) in [4.78, 5) is 20.2. The average Bonchev–Trinajstić information content (AvgIpc) is 3.19. The molecule has 5 rings (SSSR count). The summed E-state index contributed by atoms with van der Waals surface area (Å²) < 4.78 is 5.64. The molecule has 0 bridgehead atoms. The molecule has 188 valence electrons. The Morgan fingerprint density at radius 2 is 1.79 bits per heavy atom. The number of oxime groups is 1. The van der Waals surface area contributed by atoms with Crippen molar-refractivity contribution in [2.45, 2.75) is 102 Å². The van der Waals surface area contributed by atoms with Gasteiger partial charge in [0.05, 0.1) is 12.3 Å². The Hall–Kier alpha value is -1.93. The van der Waals surface area contributed by atoms with Crippen LogP contribution in [0.5, 0.6) is 0 Å². The molecular formula is C26H42N6O2. The van der Waals surface area contributed by atoms with Crippen LogP contribution in [0.1, 0.15) is 83.5 Å². The van der Waals surface area contributed by atoms with Gasteiger partial charge in [-0.3, -0.25) is 4.90 Å². The fourth-order valence-corrected chi connectivity index (χ4v) is 5.85. The van der Waals surface area contributed by atoms with Crippen molar-refractivity contribution < 1.29 is 9.57 Å². The molecule has 1 saturated carbocycles. The van der Waals surface area contributed by atoms with Gasteiger partial charge in [0.2, 0.25) is 12.2 Å². The molecule has 34 heavy (non-hydrogen) atoms. The van der Waals surface area contributed by atoms with Crippen molar-refractivity contribution in [2.75, 3.05) is 43.0 Å². The normalized spacial score (nSPS) is 29.4. The second-order valence-electron chi connectivity index (χ2n) is 10.4. The molecule has 0 aromatic carbocycles. The highest BCUT2D eigenvalue weighted by Crippen LogP contribution is 2.26. The molecule has 0 amide bonds. The smallest absolute Gasteiger partial charge is 0.226 e. The molecule has 0 spiro atoms. The molecule has 3 saturated heterocycles. The number of ether oxygens (including phenoxy) is 1. The Morgan fingerprint density at radius 3 is 2.59 bits per heavy atom. The van der Waals surface area contributed by atoms with Gasteiger partial charge in [0.1, 0.15) is 5.82 Å².